The van der Waals surface area contributed by atoms with Gasteiger partial charge in [0, 0.05) is 25.7 Å². The first-order chi connectivity index (χ1) is 16.7. The number of hydrogen-bond donors (Lipinski definition) is 2. The molecule has 0 spiro atoms. The molecule has 3 aromatic carbocycles. The number of carbonyl (C=O) groups is 1. The van der Waals surface area contributed by atoms with Gasteiger partial charge in [0.2, 0.25) is 0 Å². The zero-order valence-electron chi connectivity index (χ0n) is 19.2. The molecule has 0 bridgehead atoms. The monoisotopic (exact) mass is 488 g/mol. The van der Waals surface area contributed by atoms with Crippen LogP contribution in [0.4, 0.5) is 18.9 Å². The zero-order chi connectivity index (χ0) is 25.0. The first kappa shape index (κ1) is 24.8. The maximum Gasteiger partial charge on any atom is 0.421 e. The molecule has 0 saturated carbocycles. The normalized spacial score (nSPS) is 17.4. The van der Waals surface area contributed by atoms with Crippen LogP contribution in [0.3, 0.4) is 0 Å². The van der Waals surface area contributed by atoms with Gasteiger partial charge in [-0.05, 0) is 35.4 Å². The lowest BCUT2D eigenvalue weighted by Crippen LogP contribution is -2.47. The van der Waals surface area contributed by atoms with Crippen molar-refractivity contribution in [2.45, 2.75) is 25.2 Å². The number of halogens is 3. The summed E-state index contributed by atoms with van der Waals surface area (Å²) in [6, 6.07) is 18.2. The first-order valence-corrected chi connectivity index (χ1v) is 11.4. The summed E-state index contributed by atoms with van der Waals surface area (Å²) in [6.07, 6.45) is -5.04. The molecule has 3 aromatic rings. The Kier molecular flexibility index (Phi) is 7.47. The highest BCUT2D eigenvalue weighted by atomic mass is 19.4. The number of nitrogens with one attached hydrogen (secondary N) is 1. The Hall–Kier alpha value is -3.30. The molecule has 1 aliphatic rings. The SMILES string of the molecule is C[C@@H](NCC1CN(c2cccc(OCC(=O)O)c2C(F)(F)F)CCO1)c1cccc2ccccc12. The Bertz CT molecular complexity index is 1180. The number of rotatable bonds is 8. The van der Waals surface area contributed by atoms with Crippen molar-refractivity contribution >= 4 is 22.4 Å². The minimum atomic E-state index is -4.71. The van der Waals surface area contributed by atoms with Gasteiger partial charge >= 0.3 is 12.1 Å². The van der Waals surface area contributed by atoms with E-state index in [1.54, 1.807) is 4.90 Å². The van der Waals surface area contributed by atoms with Crippen LogP contribution in [-0.4, -0.2) is 50.0 Å². The molecule has 0 amide bonds. The molecular weight excluding hydrogens is 461 g/mol. The molecule has 9 heteroatoms. The molecule has 6 nitrogen and oxygen atoms in total. The molecule has 2 atom stereocenters. The predicted octanol–water partition coefficient (Wildman–Crippen LogP) is 4.88. The molecule has 2 N–H and O–H groups in total. The van der Waals surface area contributed by atoms with Gasteiger partial charge in [-0.1, -0.05) is 48.5 Å². The van der Waals surface area contributed by atoms with Gasteiger partial charge in [-0.3, -0.25) is 0 Å². The fraction of sp³-hybridized carbons (Fsp3) is 0.346. The number of alkyl halides is 3. The molecule has 186 valence electrons. The molecule has 35 heavy (non-hydrogen) atoms. The van der Waals surface area contributed by atoms with Crippen LogP contribution in [0.15, 0.2) is 60.7 Å². The van der Waals surface area contributed by atoms with Gasteiger partial charge in [-0.15, -0.1) is 0 Å². The number of benzene rings is 3. The van der Waals surface area contributed by atoms with Gasteiger partial charge in [0.1, 0.15) is 11.3 Å². The van der Waals surface area contributed by atoms with Crippen LogP contribution in [0.1, 0.15) is 24.1 Å². The van der Waals surface area contributed by atoms with Gasteiger partial charge in [0.25, 0.3) is 0 Å². The summed E-state index contributed by atoms with van der Waals surface area (Å²) < 4.78 is 52.7. The molecule has 0 aromatic heterocycles. The van der Waals surface area contributed by atoms with Crippen molar-refractivity contribution < 1.29 is 32.5 Å². The highest BCUT2D eigenvalue weighted by molar-refractivity contribution is 5.86. The van der Waals surface area contributed by atoms with E-state index < -0.39 is 30.1 Å². The molecule has 4 rings (SSSR count). The highest BCUT2D eigenvalue weighted by Crippen LogP contribution is 2.43. The number of anilines is 1. The van der Waals surface area contributed by atoms with Crippen molar-refractivity contribution in [3.05, 3.63) is 71.8 Å². The summed E-state index contributed by atoms with van der Waals surface area (Å²) in [5.74, 6) is -1.84. The Morgan fingerprint density at radius 2 is 1.91 bits per heavy atom. The summed E-state index contributed by atoms with van der Waals surface area (Å²) in [7, 11) is 0. The molecule has 1 saturated heterocycles. The minimum absolute atomic E-state index is 0.0126. The topological polar surface area (TPSA) is 71.0 Å². The van der Waals surface area contributed by atoms with E-state index >= 15 is 0 Å². The van der Waals surface area contributed by atoms with Crippen LogP contribution >= 0.6 is 0 Å². The first-order valence-electron chi connectivity index (χ1n) is 11.4. The lowest BCUT2D eigenvalue weighted by Gasteiger charge is -2.36. The van der Waals surface area contributed by atoms with Gasteiger partial charge < -0.3 is 24.8 Å². The van der Waals surface area contributed by atoms with Crippen LogP contribution in [0, 0.1) is 0 Å². The second-order valence-corrected chi connectivity index (χ2v) is 8.47. The highest BCUT2D eigenvalue weighted by Gasteiger charge is 2.39. The summed E-state index contributed by atoms with van der Waals surface area (Å²) in [4.78, 5) is 12.4. The van der Waals surface area contributed by atoms with E-state index in [9.17, 15) is 18.0 Å². The maximum absolute atomic E-state index is 14.0. The minimum Gasteiger partial charge on any atom is -0.481 e. The molecule has 1 fully saturated rings. The number of nitrogens with zero attached hydrogens (tertiary/aromatic N) is 1. The van der Waals surface area contributed by atoms with Crippen LogP contribution in [-0.2, 0) is 15.7 Å². The Morgan fingerprint density at radius 3 is 2.69 bits per heavy atom. The van der Waals surface area contributed by atoms with E-state index in [1.807, 2.05) is 25.1 Å². The smallest absolute Gasteiger partial charge is 0.421 e. The molecular formula is C26H27F3N2O4. The van der Waals surface area contributed by atoms with Gasteiger partial charge in [-0.25, -0.2) is 4.79 Å². The average molecular weight is 489 g/mol. The van der Waals surface area contributed by atoms with E-state index in [2.05, 4.69) is 29.6 Å². The van der Waals surface area contributed by atoms with Crippen molar-refractivity contribution in [2.24, 2.45) is 0 Å². The Labute approximate surface area is 201 Å². The standard InChI is InChI=1S/C26H27F3N2O4/c1-17(20-9-4-7-18-6-2-3-8-21(18)20)30-14-19-15-31(12-13-34-19)22-10-5-11-23(35-16-24(32)33)25(22)26(27,28)29/h2-11,17,19,30H,12-16H2,1H3,(H,32,33)/t17-,19?/m1/s1. The number of hydrogen-bond acceptors (Lipinski definition) is 5. The lowest BCUT2D eigenvalue weighted by atomic mass is 9.99. The second-order valence-electron chi connectivity index (χ2n) is 8.47. The number of fused-ring (bicyclic) bond motifs is 1. The van der Waals surface area contributed by atoms with Crippen LogP contribution in [0.25, 0.3) is 10.8 Å². The molecule has 0 radical (unpaired) electrons. The number of aliphatic carboxylic acids is 1. The quantitative estimate of drug-likeness (QED) is 0.471. The van der Waals surface area contributed by atoms with Crippen molar-refractivity contribution in [3.63, 3.8) is 0 Å². The van der Waals surface area contributed by atoms with Crippen molar-refractivity contribution in [3.8, 4) is 5.75 Å². The van der Waals surface area contributed by atoms with Crippen LogP contribution in [0.2, 0.25) is 0 Å². The van der Waals surface area contributed by atoms with Crippen molar-refractivity contribution in [1.82, 2.24) is 5.32 Å². The molecule has 1 aliphatic heterocycles. The van der Waals surface area contributed by atoms with Gasteiger partial charge in [-0.2, -0.15) is 13.2 Å². The van der Waals surface area contributed by atoms with E-state index in [1.165, 1.54) is 12.1 Å². The van der Waals surface area contributed by atoms with Crippen molar-refractivity contribution in [1.29, 1.82) is 0 Å². The molecule has 1 unspecified atom stereocenters. The van der Waals surface area contributed by atoms with Crippen LogP contribution < -0.4 is 15.0 Å². The third-order valence-electron chi connectivity index (χ3n) is 6.06. The zero-order valence-corrected chi connectivity index (χ0v) is 19.2. The van der Waals surface area contributed by atoms with Crippen molar-refractivity contribution in [2.75, 3.05) is 37.7 Å². The average Bonchev–Trinajstić information content (AvgIpc) is 2.85. The van der Waals surface area contributed by atoms with Gasteiger partial charge in [0.15, 0.2) is 6.61 Å². The Morgan fingerprint density at radius 1 is 1.17 bits per heavy atom. The van der Waals surface area contributed by atoms with E-state index in [4.69, 9.17) is 14.6 Å². The number of ether oxygens (including phenoxy) is 2. The van der Waals surface area contributed by atoms with E-state index in [-0.39, 0.29) is 37.5 Å². The predicted molar refractivity (Wildman–Crippen MR) is 127 cm³/mol. The third kappa shape index (κ3) is 5.86. The number of morpholine rings is 1. The fourth-order valence-corrected chi connectivity index (χ4v) is 4.44. The summed E-state index contributed by atoms with van der Waals surface area (Å²) in [5, 5.41) is 14.6. The summed E-state index contributed by atoms with van der Waals surface area (Å²) in [6.45, 7) is 2.45. The van der Waals surface area contributed by atoms with Crippen LogP contribution in [0.5, 0.6) is 5.75 Å². The summed E-state index contributed by atoms with van der Waals surface area (Å²) >= 11 is 0. The fourth-order valence-electron chi connectivity index (χ4n) is 4.44. The number of carboxylic acids is 1. The maximum atomic E-state index is 14.0. The van der Waals surface area contributed by atoms with Gasteiger partial charge in [0.05, 0.1) is 18.4 Å². The number of carboxylic acid groups (broad SMARTS) is 1. The third-order valence-corrected chi connectivity index (χ3v) is 6.06. The lowest BCUT2D eigenvalue weighted by molar-refractivity contribution is -0.143. The molecule has 1 heterocycles. The van der Waals surface area contributed by atoms with E-state index in [0.29, 0.717) is 6.54 Å². The second kappa shape index (κ2) is 10.5. The van der Waals surface area contributed by atoms with E-state index in [0.717, 1.165) is 22.4 Å². The largest absolute Gasteiger partial charge is 0.481 e. The molecule has 0 aliphatic carbocycles. The summed E-state index contributed by atoms with van der Waals surface area (Å²) in [5.41, 5.74) is 0.119. The Balaban J connectivity index is 1.48.